The van der Waals surface area contributed by atoms with E-state index >= 15 is 0 Å². The van der Waals surface area contributed by atoms with Gasteiger partial charge in [0.1, 0.15) is 22.8 Å². The van der Waals surface area contributed by atoms with E-state index in [1.807, 2.05) is 28.9 Å². The Labute approximate surface area is 210 Å². The monoisotopic (exact) mass is 536 g/mol. The maximum absolute atomic E-state index is 13.5. The molecule has 0 spiro atoms. The van der Waals surface area contributed by atoms with Gasteiger partial charge in [0, 0.05) is 9.89 Å². The van der Waals surface area contributed by atoms with Gasteiger partial charge in [0.15, 0.2) is 11.5 Å². The van der Waals surface area contributed by atoms with E-state index in [1.165, 1.54) is 0 Å². The van der Waals surface area contributed by atoms with E-state index < -0.39 is 17.5 Å². The summed E-state index contributed by atoms with van der Waals surface area (Å²) < 4.78 is 8.54. The first kappa shape index (κ1) is 22.3. The molecule has 1 aromatic carbocycles. The van der Waals surface area contributed by atoms with Crippen molar-refractivity contribution >= 4 is 38.8 Å². The van der Waals surface area contributed by atoms with Crippen molar-refractivity contribution in [3.8, 4) is 6.07 Å². The van der Waals surface area contributed by atoms with E-state index in [4.69, 9.17) is 9.52 Å². The van der Waals surface area contributed by atoms with Gasteiger partial charge in [-0.2, -0.15) is 10.4 Å². The van der Waals surface area contributed by atoms with Crippen LogP contribution in [0, 0.1) is 11.3 Å². The first-order chi connectivity index (χ1) is 16.8. The summed E-state index contributed by atoms with van der Waals surface area (Å²) in [6.07, 6.45) is 5.37. The van der Waals surface area contributed by atoms with Crippen LogP contribution in [0.3, 0.4) is 0 Å². The molecule has 3 aliphatic rings. The lowest BCUT2D eigenvalue weighted by Gasteiger charge is -2.19. The number of amides is 2. The average Bonchev–Trinajstić information content (AvgIpc) is 3.79. The molecule has 2 amide bonds. The number of nitrogens with one attached hydrogen (secondary N) is 2. The SMILES string of the molecule is CC1(c2cc(C(=O)N[C@@H](Cc3nc4ccc(Br)cc4o3)C(=O)NC3(C#N)CC3)n(C3CC3)n2)CC1. The van der Waals surface area contributed by atoms with Gasteiger partial charge in [-0.1, -0.05) is 22.9 Å². The zero-order chi connectivity index (χ0) is 24.4. The van der Waals surface area contributed by atoms with Crippen molar-refractivity contribution in [1.29, 1.82) is 5.26 Å². The van der Waals surface area contributed by atoms with E-state index in [0.29, 0.717) is 35.5 Å². The van der Waals surface area contributed by atoms with Gasteiger partial charge >= 0.3 is 0 Å². The number of nitriles is 1. The molecule has 180 valence electrons. The van der Waals surface area contributed by atoms with Crippen LogP contribution in [0.5, 0.6) is 0 Å². The zero-order valence-electron chi connectivity index (χ0n) is 19.3. The molecule has 35 heavy (non-hydrogen) atoms. The summed E-state index contributed by atoms with van der Waals surface area (Å²) in [5, 5.41) is 19.9. The summed E-state index contributed by atoms with van der Waals surface area (Å²) in [6, 6.07) is 8.80. The number of hydrogen-bond acceptors (Lipinski definition) is 6. The second-order valence-corrected chi connectivity index (χ2v) is 11.2. The normalized spacial score (nSPS) is 20.1. The summed E-state index contributed by atoms with van der Waals surface area (Å²) >= 11 is 3.42. The topological polar surface area (TPSA) is 126 Å². The number of nitrogens with zero attached hydrogens (tertiary/aromatic N) is 4. The molecule has 0 radical (unpaired) electrons. The van der Waals surface area contributed by atoms with Crippen LogP contribution in [0.25, 0.3) is 11.1 Å². The Morgan fingerprint density at radius 1 is 1.29 bits per heavy atom. The molecule has 9 nitrogen and oxygen atoms in total. The summed E-state index contributed by atoms with van der Waals surface area (Å²) in [6.45, 7) is 2.16. The largest absolute Gasteiger partial charge is 0.441 e. The second-order valence-electron chi connectivity index (χ2n) is 10.3. The maximum Gasteiger partial charge on any atom is 0.270 e. The van der Waals surface area contributed by atoms with E-state index in [0.717, 1.165) is 35.8 Å². The molecule has 0 aliphatic heterocycles. The Hall–Kier alpha value is -3.19. The van der Waals surface area contributed by atoms with Crippen molar-refractivity contribution in [1.82, 2.24) is 25.4 Å². The molecule has 3 aromatic rings. The first-order valence-corrected chi connectivity index (χ1v) is 12.8. The number of fused-ring (bicyclic) bond motifs is 1. The van der Waals surface area contributed by atoms with Gasteiger partial charge in [-0.3, -0.25) is 14.3 Å². The van der Waals surface area contributed by atoms with E-state index in [1.54, 1.807) is 0 Å². The van der Waals surface area contributed by atoms with Gasteiger partial charge in [-0.05, 0) is 62.8 Å². The van der Waals surface area contributed by atoms with E-state index in [-0.39, 0.29) is 23.8 Å². The van der Waals surface area contributed by atoms with Crippen molar-refractivity contribution in [2.75, 3.05) is 0 Å². The van der Waals surface area contributed by atoms with Crippen LogP contribution in [0.15, 0.2) is 33.2 Å². The second kappa shape index (κ2) is 7.92. The number of oxazole rings is 1. The number of rotatable bonds is 8. The van der Waals surface area contributed by atoms with Crippen molar-refractivity contribution in [3.63, 3.8) is 0 Å². The van der Waals surface area contributed by atoms with Crippen LogP contribution in [0.1, 0.15) is 73.6 Å². The molecule has 6 rings (SSSR count). The first-order valence-electron chi connectivity index (χ1n) is 12.0. The van der Waals surface area contributed by atoms with Crippen LogP contribution in [-0.4, -0.2) is 38.2 Å². The van der Waals surface area contributed by atoms with Crippen LogP contribution in [-0.2, 0) is 16.6 Å². The Kier molecular flexibility index (Phi) is 5.04. The number of benzene rings is 1. The fraction of sp³-hybridized carbons (Fsp3) is 0.480. The van der Waals surface area contributed by atoms with Crippen LogP contribution >= 0.6 is 15.9 Å². The Morgan fingerprint density at radius 2 is 2.06 bits per heavy atom. The lowest BCUT2D eigenvalue weighted by molar-refractivity contribution is -0.123. The van der Waals surface area contributed by atoms with Crippen molar-refractivity contribution in [3.05, 3.63) is 46.0 Å². The van der Waals surface area contributed by atoms with Gasteiger partial charge in [-0.25, -0.2) is 4.98 Å². The van der Waals surface area contributed by atoms with E-state index in [2.05, 4.69) is 44.5 Å². The minimum absolute atomic E-state index is 0.0313. The number of aromatic nitrogens is 3. The molecule has 10 heteroatoms. The highest BCUT2D eigenvalue weighted by Gasteiger charge is 2.46. The predicted octanol–water partition coefficient (Wildman–Crippen LogP) is 3.69. The number of carbonyl (C=O) groups is 2. The molecule has 1 atom stereocenters. The third-order valence-electron chi connectivity index (χ3n) is 7.20. The molecule has 0 bridgehead atoms. The molecule has 0 unspecified atom stereocenters. The molecule has 2 aromatic heterocycles. The van der Waals surface area contributed by atoms with Gasteiger partial charge < -0.3 is 15.1 Å². The minimum Gasteiger partial charge on any atom is -0.441 e. The van der Waals surface area contributed by atoms with Gasteiger partial charge in [0.25, 0.3) is 5.91 Å². The third kappa shape index (κ3) is 4.33. The summed E-state index contributed by atoms with van der Waals surface area (Å²) in [5.74, 6) is -0.448. The summed E-state index contributed by atoms with van der Waals surface area (Å²) in [4.78, 5) is 31.2. The standard InChI is InChI=1S/C25H25BrN6O3/c1-24(6-7-24)20-12-18(32(31-20)15-3-4-15)23(34)29-17(22(33)30-25(13-27)8-9-25)11-21-28-16-5-2-14(26)10-19(16)35-21/h2,5,10,12,15,17H,3-4,6-9,11H2,1H3,(H,29,34)(H,30,33)/t17-/m0/s1. The molecule has 0 saturated heterocycles. The van der Waals surface area contributed by atoms with Crippen molar-refractivity contribution < 1.29 is 14.0 Å². The Bertz CT molecular complexity index is 1390. The van der Waals surface area contributed by atoms with Gasteiger partial charge in [0.05, 0.1) is 24.2 Å². The molecule has 3 aliphatic carbocycles. The zero-order valence-corrected chi connectivity index (χ0v) is 20.9. The Morgan fingerprint density at radius 3 is 2.71 bits per heavy atom. The molecule has 2 heterocycles. The number of hydrogen-bond donors (Lipinski definition) is 2. The van der Waals surface area contributed by atoms with Crippen molar-refractivity contribution in [2.45, 2.75) is 74.9 Å². The maximum atomic E-state index is 13.5. The molecule has 2 N–H and O–H groups in total. The fourth-order valence-corrected chi connectivity index (χ4v) is 4.60. The van der Waals surface area contributed by atoms with E-state index in [9.17, 15) is 14.9 Å². The number of carbonyl (C=O) groups excluding carboxylic acids is 2. The molecular formula is C25H25BrN6O3. The lowest BCUT2D eigenvalue weighted by Crippen LogP contribution is -2.51. The summed E-state index contributed by atoms with van der Waals surface area (Å²) in [7, 11) is 0. The minimum atomic E-state index is -0.952. The molecule has 3 saturated carbocycles. The van der Waals surface area contributed by atoms with Crippen LogP contribution in [0.2, 0.25) is 0 Å². The van der Waals surface area contributed by atoms with Gasteiger partial charge in [-0.15, -0.1) is 0 Å². The smallest absolute Gasteiger partial charge is 0.270 e. The lowest BCUT2D eigenvalue weighted by atomic mass is 10.1. The highest BCUT2D eigenvalue weighted by atomic mass is 79.9. The van der Waals surface area contributed by atoms with Crippen LogP contribution in [0.4, 0.5) is 0 Å². The molecular weight excluding hydrogens is 512 g/mol. The van der Waals surface area contributed by atoms with Crippen molar-refractivity contribution in [2.24, 2.45) is 0 Å². The highest BCUT2D eigenvalue weighted by molar-refractivity contribution is 9.10. The fourth-order valence-electron chi connectivity index (χ4n) is 4.26. The van der Waals surface area contributed by atoms with Crippen LogP contribution < -0.4 is 10.6 Å². The predicted molar refractivity (Wildman–Crippen MR) is 129 cm³/mol. The van der Waals surface area contributed by atoms with Gasteiger partial charge in [0.2, 0.25) is 5.91 Å². The quantitative estimate of drug-likeness (QED) is 0.452. The Balaban J connectivity index is 1.28. The highest BCUT2D eigenvalue weighted by Crippen LogP contribution is 2.48. The number of halogens is 1. The third-order valence-corrected chi connectivity index (χ3v) is 7.69. The average molecular weight is 537 g/mol. The summed E-state index contributed by atoms with van der Waals surface area (Å²) in [5.41, 5.74) is 1.83. The molecule has 3 fully saturated rings.